The molecule has 0 aliphatic carbocycles. The maximum atomic E-state index is 11.3. The van der Waals surface area contributed by atoms with Gasteiger partial charge < -0.3 is 0 Å². The third kappa shape index (κ3) is 1.36. The minimum absolute atomic E-state index is 0.287. The number of Topliss-reactive ketones (excluding diaryl/α,β-unsaturated/α-hetero) is 1. The normalized spacial score (nSPS) is 33.8. The zero-order chi connectivity index (χ0) is 7.72. The van der Waals surface area contributed by atoms with Crippen molar-refractivity contribution in [3.63, 3.8) is 0 Å². The average molecular weight is 158 g/mol. The first kappa shape index (κ1) is 8.12. The monoisotopic (exact) mass is 158 g/mol. The predicted molar refractivity (Wildman–Crippen MR) is 45.3 cm³/mol. The lowest BCUT2D eigenvalue weighted by Gasteiger charge is -2.10. The molecular formula is C8H14OS. The van der Waals surface area contributed by atoms with Crippen LogP contribution in [0.2, 0.25) is 0 Å². The van der Waals surface area contributed by atoms with Crippen LogP contribution in [-0.4, -0.2) is 16.8 Å². The van der Waals surface area contributed by atoms with Gasteiger partial charge in [-0.2, -0.15) is 0 Å². The molecule has 0 spiro atoms. The zero-order valence-electron chi connectivity index (χ0n) is 6.76. The molecule has 0 aromatic heterocycles. The Morgan fingerprint density at radius 2 is 2.20 bits per heavy atom. The fourth-order valence-electron chi connectivity index (χ4n) is 1.21. The molecule has 1 aliphatic rings. The lowest BCUT2D eigenvalue weighted by atomic mass is 9.99. The fraction of sp³-hybridized carbons (Fsp3) is 0.875. The summed E-state index contributed by atoms with van der Waals surface area (Å²) in [4.78, 5) is 11.3. The Hall–Kier alpha value is 0.0200. The van der Waals surface area contributed by atoms with E-state index in [1.165, 1.54) is 0 Å². The van der Waals surface area contributed by atoms with E-state index in [0.717, 1.165) is 5.75 Å². The summed E-state index contributed by atoms with van der Waals surface area (Å²) in [6.07, 6.45) is 0. The average Bonchev–Trinajstić information content (AvgIpc) is 2.14. The minimum Gasteiger partial charge on any atom is -0.298 e. The quantitative estimate of drug-likeness (QED) is 0.580. The van der Waals surface area contributed by atoms with E-state index in [1.807, 2.05) is 18.7 Å². The van der Waals surface area contributed by atoms with Crippen molar-refractivity contribution in [2.75, 3.05) is 5.75 Å². The molecule has 1 aliphatic heterocycles. The van der Waals surface area contributed by atoms with Crippen LogP contribution in [0.15, 0.2) is 0 Å². The van der Waals surface area contributed by atoms with E-state index >= 15 is 0 Å². The molecule has 0 saturated carbocycles. The number of carbonyl (C=O) groups excluding carboxylic acids is 1. The molecule has 1 nitrogen and oxygen atoms in total. The smallest absolute Gasteiger partial charge is 0.149 e. The van der Waals surface area contributed by atoms with Gasteiger partial charge in [-0.15, -0.1) is 11.8 Å². The maximum absolute atomic E-state index is 11.3. The molecule has 0 bridgehead atoms. The van der Waals surface area contributed by atoms with Crippen molar-refractivity contribution in [1.82, 2.24) is 0 Å². The van der Waals surface area contributed by atoms with Gasteiger partial charge in [0.1, 0.15) is 5.78 Å². The van der Waals surface area contributed by atoms with Crippen LogP contribution in [0.1, 0.15) is 20.8 Å². The summed E-state index contributed by atoms with van der Waals surface area (Å²) in [5.74, 6) is 2.31. The van der Waals surface area contributed by atoms with Crippen molar-refractivity contribution < 1.29 is 4.79 Å². The van der Waals surface area contributed by atoms with E-state index in [0.29, 0.717) is 17.6 Å². The van der Waals surface area contributed by atoms with Crippen LogP contribution in [0, 0.1) is 11.8 Å². The van der Waals surface area contributed by atoms with Crippen LogP contribution in [0.4, 0.5) is 0 Å². The molecule has 0 aromatic rings. The molecule has 0 N–H and O–H groups in total. The summed E-state index contributed by atoms with van der Waals surface area (Å²) in [6, 6.07) is 0. The minimum atomic E-state index is 0.287. The largest absolute Gasteiger partial charge is 0.298 e. The molecule has 58 valence electrons. The van der Waals surface area contributed by atoms with Crippen molar-refractivity contribution in [3.8, 4) is 0 Å². The molecule has 2 heteroatoms. The third-order valence-corrected chi connectivity index (χ3v) is 3.73. The lowest BCUT2D eigenvalue weighted by Crippen LogP contribution is -2.21. The summed E-state index contributed by atoms with van der Waals surface area (Å²) in [5, 5.41) is 0.287. The van der Waals surface area contributed by atoms with Crippen LogP contribution in [0.25, 0.3) is 0 Å². The Balaban J connectivity index is 2.57. The fourth-order valence-corrected chi connectivity index (χ4v) is 2.66. The zero-order valence-corrected chi connectivity index (χ0v) is 7.57. The molecule has 2 unspecified atom stereocenters. The Morgan fingerprint density at radius 1 is 1.60 bits per heavy atom. The van der Waals surface area contributed by atoms with Gasteiger partial charge in [0, 0.05) is 11.7 Å². The highest BCUT2D eigenvalue weighted by Gasteiger charge is 2.33. The molecule has 1 saturated heterocycles. The summed E-state index contributed by atoms with van der Waals surface area (Å²) < 4.78 is 0. The topological polar surface area (TPSA) is 17.1 Å². The van der Waals surface area contributed by atoms with Gasteiger partial charge in [-0.3, -0.25) is 4.79 Å². The number of carbonyl (C=O) groups is 1. The Morgan fingerprint density at radius 3 is 2.40 bits per heavy atom. The van der Waals surface area contributed by atoms with Crippen LogP contribution < -0.4 is 0 Å². The van der Waals surface area contributed by atoms with Crippen molar-refractivity contribution in [2.45, 2.75) is 26.0 Å². The molecule has 0 aromatic carbocycles. The van der Waals surface area contributed by atoms with Crippen LogP contribution in [0.3, 0.4) is 0 Å². The molecule has 10 heavy (non-hydrogen) atoms. The summed E-state index contributed by atoms with van der Waals surface area (Å²) in [7, 11) is 0. The van der Waals surface area contributed by atoms with E-state index in [4.69, 9.17) is 0 Å². The predicted octanol–water partition coefficient (Wildman–Crippen LogP) is 1.96. The van der Waals surface area contributed by atoms with E-state index in [9.17, 15) is 4.79 Å². The van der Waals surface area contributed by atoms with Gasteiger partial charge >= 0.3 is 0 Å². The molecule has 0 radical (unpaired) electrons. The lowest BCUT2D eigenvalue weighted by molar-refractivity contribution is -0.121. The molecular weight excluding hydrogens is 144 g/mol. The highest BCUT2D eigenvalue weighted by molar-refractivity contribution is 8.01. The molecule has 2 atom stereocenters. The van der Waals surface area contributed by atoms with Gasteiger partial charge in [0.25, 0.3) is 0 Å². The van der Waals surface area contributed by atoms with E-state index in [1.54, 1.807) is 0 Å². The van der Waals surface area contributed by atoms with Crippen molar-refractivity contribution in [3.05, 3.63) is 0 Å². The van der Waals surface area contributed by atoms with Gasteiger partial charge in [-0.05, 0) is 5.92 Å². The van der Waals surface area contributed by atoms with Gasteiger partial charge in [-0.1, -0.05) is 20.8 Å². The molecule has 0 amide bonds. The second kappa shape index (κ2) is 2.95. The van der Waals surface area contributed by atoms with Gasteiger partial charge in [0.2, 0.25) is 0 Å². The Labute approximate surface area is 66.6 Å². The first-order valence-electron chi connectivity index (χ1n) is 3.78. The number of thioether (sulfide) groups is 1. The third-order valence-electron chi connectivity index (χ3n) is 1.90. The maximum Gasteiger partial charge on any atom is 0.149 e. The number of hydrogen-bond donors (Lipinski definition) is 0. The SMILES string of the molecule is CC1CSC(C(C)C)C1=O. The summed E-state index contributed by atoms with van der Waals surface area (Å²) in [5.41, 5.74) is 0. The standard InChI is InChI=1S/C8H14OS/c1-5(2)8-7(9)6(3)4-10-8/h5-6,8H,4H2,1-3H3. The second-order valence-electron chi connectivity index (χ2n) is 3.30. The van der Waals surface area contributed by atoms with Gasteiger partial charge in [0.15, 0.2) is 0 Å². The van der Waals surface area contributed by atoms with Crippen LogP contribution in [0.5, 0.6) is 0 Å². The van der Waals surface area contributed by atoms with Gasteiger partial charge in [-0.25, -0.2) is 0 Å². The van der Waals surface area contributed by atoms with Crippen molar-refractivity contribution in [2.24, 2.45) is 11.8 Å². The van der Waals surface area contributed by atoms with Gasteiger partial charge in [0.05, 0.1) is 5.25 Å². The number of rotatable bonds is 1. The van der Waals surface area contributed by atoms with Crippen LogP contribution in [-0.2, 0) is 4.79 Å². The highest BCUT2D eigenvalue weighted by atomic mass is 32.2. The van der Waals surface area contributed by atoms with E-state index in [2.05, 4.69) is 13.8 Å². The first-order chi connectivity index (χ1) is 4.63. The highest BCUT2D eigenvalue weighted by Crippen LogP contribution is 2.32. The van der Waals surface area contributed by atoms with E-state index in [-0.39, 0.29) is 5.25 Å². The second-order valence-corrected chi connectivity index (χ2v) is 4.48. The summed E-state index contributed by atoms with van der Waals surface area (Å²) >= 11 is 1.82. The Kier molecular flexibility index (Phi) is 2.40. The van der Waals surface area contributed by atoms with Crippen molar-refractivity contribution >= 4 is 17.5 Å². The Bertz CT molecular complexity index is 142. The van der Waals surface area contributed by atoms with E-state index < -0.39 is 0 Å². The molecule has 1 heterocycles. The first-order valence-corrected chi connectivity index (χ1v) is 4.83. The van der Waals surface area contributed by atoms with Crippen LogP contribution >= 0.6 is 11.8 Å². The number of ketones is 1. The number of hydrogen-bond acceptors (Lipinski definition) is 2. The summed E-state index contributed by atoms with van der Waals surface area (Å²) in [6.45, 7) is 6.26. The molecule has 1 fully saturated rings. The van der Waals surface area contributed by atoms with Crippen molar-refractivity contribution in [1.29, 1.82) is 0 Å². The molecule has 1 rings (SSSR count).